The molecule has 124 valence electrons. The number of hydrogen-bond acceptors (Lipinski definition) is 6. The van der Waals surface area contributed by atoms with Crippen LogP contribution in [0.4, 0.5) is 11.4 Å². The predicted molar refractivity (Wildman–Crippen MR) is 85.8 cm³/mol. The summed E-state index contributed by atoms with van der Waals surface area (Å²) in [6.45, 7) is 3.84. The van der Waals surface area contributed by atoms with E-state index in [9.17, 15) is 14.4 Å². The van der Waals surface area contributed by atoms with E-state index in [-0.39, 0.29) is 30.1 Å². The van der Waals surface area contributed by atoms with E-state index in [1.165, 1.54) is 6.07 Å². The first-order valence-electron chi connectivity index (χ1n) is 7.21. The number of rotatable bonds is 9. The minimum atomic E-state index is -0.951. The number of benzene rings is 1. The van der Waals surface area contributed by atoms with E-state index in [1.54, 1.807) is 12.1 Å². The molecule has 0 aliphatic heterocycles. The summed E-state index contributed by atoms with van der Waals surface area (Å²) >= 11 is 0. The first kappa shape index (κ1) is 18.3. The molecule has 0 saturated carbocycles. The highest BCUT2D eigenvalue weighted by Crippen LogP contribution is 2.29. The van der Waals surface area contributed by atoms with Crippen molar-refractivity contribution in [3.8, 4) is 0 Å². The van der Waals surface area contributed by atoms with Crippen molar-refractivity contribution >= 4 is 29.5 Å². The molecule has 8 nitrogen and oxygen atoms in total. The summed E-state index contributed by atoms with van der Waals surface area (Å²) in [4.78, 5) is 34.1. The van der Waals surface area contributed by atoms with Gasteiger partial charge < -0.3 is 21.2 Å². The van der Waals surface area contributed by atoms with Crippen LogP contribution in [0.5, 0.6) is 0 Å². The molecule has 0 fully saturated rings. The summed E-state index contributed by atoms with van der Waals surface area (Å²) in [6.07, 6.45) is 0.889. The minimum absolute atomic E-state index is 0.0970. The van der Waals surface area contributed by atoms with Crippen molar-refractivity contribution in [1.29, 1.82) is 5.53 Å². The molecule has 1 rings (SSSR count). The van der Waals surface area contributed by atoms with E-state index in [0.717, 1.165) is 0 Å². The average Bonchev–Trinajstić information content (AvgIpc) is 2.50. The molecule has 0 radical (unpaired) electrons. The Labute approximate surface area is 134 Å². The highest BCUT2D eigenvalue weighted by Gasteiger charge is 2.21. The molecule has 0 aromatic heterocycles. The monoisotopic (exact) mass is 319 g/mol. The number of aldehydes is 1. The number of primary amides is 1. The average molecular weight is 319 g/mol. The van der Waals surface area contributed by atoms with E-state index in [0.29, 0.717) is 12.0 Å². The molecule has 0 spiro atoms. The molecule has 5 N–H and O–H groups in total. The lowest BCUT2D eigenvalue weighted by Crippen LogP contribution is -2.44. The molecule has 8 heteroatoms. The van der Waals surface area contributed by atoms with E-state index in [1.807, 2.05) is 13.8 Å². The number of anilines is 1. The molecular weight excluding hydrogens is 298 g/mol. The Kier molecular flexibility index (Phi) is 6.85. The van der Waals surface area contributed by atoms with Crippen LogP contribution in [0.3, 0.4) is 0 Å². The maximum atomic E-state index is 12.4. The van der Waals surface area contributed by atoms with E-state index in [2.05, 4.69) is 15.7 Å². The van der Waals surface area contributed by atoms with Crippen LogP contribution in [0.2, 0.25) is 0 Å². The second-order valence-corrected chi connectivity index (χ2v) is 5.29. The molecule has 0 aliphatic rings. The molecule has 1 aromatic rings. The van der Waals surface area contributed by atoms with Gasteiger partial charge in [-0.1, -0.05) is 6.07 Å². The van der Waals surface area contributed by atoms with Gasteiger partial charge in [-0.15, -0.1) is 0 Å². The Bertz CT molecular complexity index is 601. The van der Waals surface area contributed by atoms with Gasteiger partial charge in [-0.05, 0) is 32.4 Å². The third-order valence-electron chi connectivity index (χ3n) is 3.06. The van der Waals surface area contributed by atoms with E-state index >= 15 is 0 Å². The number of nitrogens with one attached hydrogen (secondary N) is 3. The summed E-state index contributed by atoms with van der Waals surface area (Å²) in [7, 11) is 0. The van der Waals surface area contributed by atoms with Crippen LogP contribution in [-0.2, 0) is 9.59 Å². The summed E-state index contributed by atoms with van der Waals surface area (Å²) in [5, 5.41) is 8.99. The van der Waals surface area contributed by atoms with Gasteiger partial charge in [0.2, 0.25) is 5.91 Å². The molecule has 23 heavy (non-hydrogen) atoms. The SMILES string of the molecule is CC(C)Nc1cccc(C(=O)NC(CCC=O)C(N)=O)c1N=N. The van der Waals surface area contributed by atoms with Gasteiger partial charge in [0.15, 0.2) is 0 Å². The lowest BCUT2D eigenvalue weighted by molar-refractivity contribution is -0.120. The topological polar surface area (TPSA) is 138 Å². The number of para-hydroxylation sites is 1. The summed E-state index contributed by atoms with van der Waals surface area (Å²) in [5.74, 6) is -1.29. The van der Waals surface area contributed by atoms with Crippen LogP contribution < -0.4 is 16.4 Å². The second kappa shape index (κ2) is 8.62. The molecule has 1 unspecified atom stereocenters. The third-order valence-corrected chi connectivity index (χ3v) is 3.06. The lowest BCUT2D eigenvalue weighted by atomic mass is 10.1. The van der Waals surface area contributed by atoms with Crippen LogP contribution in [0, 0.1) is 5.53 Å². The first-order chi connectivity index (χ1) is 10.9. The van der Waals surface area contributed by atoms with Crippen molar-refractivity contribution in [3.63, 3.8) is 0 Å². The van der Waals surface area contributed by atoms with Crippen LogP contribution in [-0.4, -0.2) is 30.2 Å². The summed E-state index contributed by atoms with van der Waals surface area (Å²) in [6, 6.07) is 4.01. The predicted octanol–water partition coefficient (Wildman–Crippen LogP) is 1.73. The van der Waals surface area contributed by atoms with Crippen molar-refractivity contribution in [3.05, 3.63) is 23.8 Å². The number of carbonyl (C=O) groups is 3. The quantitative estimate of drug-likeness (QED) is 0.407. The first-order valence-corrected chi connectivity index (χ1v) is 7.21. The van der Waals surface area contributed by atoms with Gasteiger partial charge in [0.05, 0.1) is 11.3 Å². The molecule has 0 saturated heterocycles. The third kappa shape index (κ3) is 5.17. The highest BCUT2D eigenvalue weighted by molar-refractivity contribution is 6.03. The molecule has 0 bridgehead atoms. The van der Waals surface area contributed by atoms with Crippen LogP contribution in [0.25, 0.3) is 0 Å². The van der Waals surface area contributed by atoms with Crippen LogP contribution in [0.15, 0.2) is 23.3 Å². The fourth-order valence-corrected chi connectivity index (χ4v) is 2.03. The van der Waals surface area contributed by atoms with Gasteiger partial charge >= 0.3 is 0 Å². The molecular formula is C15H21N5O3. The zero-order valence-electron chi connectivity index (χ0n) is 13.1. The highest BCUT2D eigenvalue weighted by atomic mass is 16.2. The fraction of sp³-hybridized carbons (Fsp3) is 0.400. The Morgan fingerprint density at radius 3 is 2.61 bits per heavy atom. The van der Waals surface area contributed by atoms with Gasteiger partial charge in [0, 0.05) is 12.5 Å². The smallest absolute Gasteiger partial charge is 0.254 e. The Balaban J connectivity index is 3.04. The van der Waals surface area contributed by atoms with Crippen molar-refractivity contribution < 1.29 is 14.4 Å². The maximum Gasteiger partial charge on any atom is 0.254 e. The largest absolute Gasteiger partial charge is 0.381 e. The number of amides is 2. The minimum Gasteiger partial charge on any atom is -0.381 e. The maximum absolute atomic E-state index is 12.4. The Hall–Kier alpha value is -2.77. The lowest BCUT2D eigenvalue weighted by Gasteiger charge is -2.17. The van der Waals surface area contributed by atoms with E-state index in [4.69, 9.17) is 11.3 Å². The molecule has 1 aromatic carbocycles. The van der Waals surface area contributed by atoms with Crippen molar-refractivity contribution in [2.75, 3.05) is 5.32 Å². The van der Waals surface area contributed by atoms with Gasteiger partial charge in [-0.2, -0.15) is 5.11 Å². The van der Waals surface area contributed by atoms with Crippen LogP contribution in [0.1, 0.15) is 37.0 Å². The normalized spacial score (nSPS) is 11.6. The summed E-state index contributed by atoms with van der Waals surface area (Å²) < 4.78 is 0. The fourth-order valence-electron chi connectivity index (χ4n) is 2.03. The van der Waals surface area contributed by atoms with Gasteiger partial charge in [-0.25, -0.2) is 5.53 Å². The molecule has 0 heterocycles. The number of nitrogens with two attached hydrogens (primary N) is 1. The van der Waals surface area contributed by atoms with Gasteiger partial charge in [-0.3, -0.25) is 9.59 Å². The van der Waals surface area contributed by atoms with E-state index < -0.39 is 17.9 Å². The second-order valence-electron chi connectivity index (χ2n) is 5.29. The van der Waals surface area contributed by atoms with Crippen LogP contribution >= 0.6 is 0 Å². The summed E-state index contributed by atoms with van der Waals surface area (Å²) in [5.41, 5.74) is 13.4. The number of carbonyl (C=O) groups excluding carboxylic acids is 3. The van der Waals surface area contributed by atoms with Gasteiger partial charge in [0.1, 0.15) is 18.0 Å². The number of nitrogens with zero attached hydrogens (tertiary/aromatic N) is 1. The standard InChI is InChI=1S/C15H21N5O3/c1-9(2)18-11-6-3-5-10(13(11)20-17)15(23)19-12(14(16)22)7-4-8-21/h3,5-6,8-9,12,17-18H,4,7H2,1-2H3,(H2,16,22)(H,19,23). The number of hydrogen-bond donors (Lipinski definition) is 4. The zero-order valence-corrected chi connectivity index (χ0v) is 13.1. The Morgan fingerprint density at radius 1 is 1.39 bits per heavy atom. The van der Waals surface area contributed by atoms with Crippen molar-refractivity contribution in [2.45, 2.75) is 38.8 Å². The van der Waals surface area contributed by atoms with Crippen molar-refractivity contribution in [1.82, 2.24) is 5.32 Å². The zero-order chi connectivity index (χ0) is 17.4. The van der Waals surface area contributed by atoms with Crippen molar-refractivity contribution in [2.24, 2.45) is 10.8 Å². The molecule has 2 amide bonds. The Morgan fingerprint density at radius 2 is 2.09 bits per heavy atom. The molecule has 1 atom stereocenters. The van der Waals surface area contributed by atoms with Gasteiger partial charge in [0.25, 0.3) is 5.91 Å². The molecule has 0 aliphatic carbocycles.